The van der Waals surface area contributed by atoms with Gasteiger partial charge in [-0.05, 0) is 19.1 Å². The number of nitrogens with zero attached hydrogens (tertiary/aromatic N) is 3. The van der Waals surface area contributed by atoms with Crippen molar-refractivity contribution in [3.05, 3.63) is 52.9 Å². The van der Waals surface area contributed by atoms with Crippen LogP contribution in [0.1, 0.15) is 6.92 Å². The van der Waals surface area contributed by atoms with E-state index in [1.54, 1.807) is 6.92 Å². The molecule has 0 radical (unpaired) electrons. The summed E-state index contributed by atoms with van der Waals surface area (Å²) in [6.07, 6.45) is 2.92. The van der Waals surface area contributed by atoms with E-state index in [-0.39, 0.29) is 11.7 Å². The van der Waals surface area contributed by atoms with Crippen LogP contribution in [0.5, 0.6) is 0 Å². The molecule has 1 atom stereocenters. The highest BCUT2D eigenvalue weighted by molar-refractivity contribution is 8.00. The van der Waals surface area contributed by atoms with Gasteiger partial charge in [-0.25, -0.2) is 15.0 Å². The summed E-state index contributed by atoms with van der Waals surface area (Å²) in [5, 5.41) is 4.67. The van der Waals surface area contributed by atoms with Crippen molar-refractivity contribution in [1.29, 1.82) is 0 Å². The summed E-state index contributed by atoms with van der Waals surface area (Å²) >= 11 is 13.2. The summed E-state index contributed by atoms with van der Waals surface area (Å²) in [7, 11) is 0. The lowest BCUT2D eigenvalue weighted by Gasteiger charge is -2.12. The number of hydrogen-bond acceptors (Lipinski definition) is 5. The van der Waals surface area contributed by atoms with Crippen molar-refractivity contribution in [3.8, 4) is 0 Å². The Kier molecular flexibility index (Phi) is 5.18. The Morgan fingerprint density at radius 1 is 1.21 bits per heavy atom. The van der Waals surface area contributed by atoms with Crippen LogP contribution in [0.3, 0.4) is 0 Å². The molecule has 0 aliphatic rings. The third-order valence-electron chi connectivity index (χ3n) is 3.21. The van der Waals surface area contributed by atoms with Gasteiger partial charge in [-0.1, -0.05) is 53.2 Å². The number of thioether (sulfide) groups is 1. The molecule has 0 saturated carbocycles. The molecule has 2 aromatic heterocycles. The third-order valence-corrected chi connectivity index (χ3v) is 4.82. The highest BCUT2D eigenvalue weighted by Gasteiger charge is 2.18. The highest BCUT2D eigenvalue weighted by Crippen LogP contribution is 2.29. The third kappa shape index (κ3) is 3.77. The summed E-state index contributed by atoms with van der Waals surface area (Å²) < 4.78 is 0. The Bertz CT molecular complexity index is 901. The molecular formula is C16H12Cl2N4OS. The van der Waals surface area contributed by atoms with Crippen LogP contribution in [0.25, 0.3) is 10.9 Å². The summed E-state index contributed by atoms with van der Waals surface area (Å²) in [5.41, 5.74) is 0.838. The zero-order chi connectivity index (χ0) is 17.1. The summed E-state index contributed by atoms with van der Waals surface area (Å²) in [5.74, 6) is 0.0606. The van der Waals surface area contributed by atoms with Crippen LogP contribution in [0, 0.1) is 0 Å². The van der Waals surface area contributed by atoms with E-state index in [0.29, 0.717) is 10.0 Å². The fourth-order valence-electron chi connectivity index (χ4n) is 2.02. The van der Waals surface area contributed by atoms with Crippen molar-refractivity contribution in [2.45, 2.75) is 17.2 Å². The number of benzene rings is 1. The number of carbonyl (C=O) groups excluding carboxylic acids is 1. The Morgan fingerprint density at radius 3 is 2.79 bits per heavy atom. The minimum Gasteiger partial charge on any atom is -0.308 e. The fourth-order valence-corrected chi connectivity index (χ4v) is 3.36. The predicted octanol–water partition coefficient (Wildman–Crippen LogP) is 4.45. The number of aromatic nitrogens is 3. The van der Waals surface area contributed by atoms with Crippen LogP contribution < -0.4 is 5.32 Å². The number of fused-ring (bicyclic) bond motifs is 1. The predicted molar refractivity (Wildman–Crippen MR) is 97.7 cm³/mol. The highest BCUT2D eigenvalue weighted by atomic mass is 35.5. The largest absolute Gasteiger partial charge is 0.308 e. The van der Waals surface area contributed by atoms with Crippen molar-refractivity contribution in [2.75, 3.05) is 5.32 Å². The topological polar surface area (TPSA) is 67.8 Å². The van der Waals surface area contributed by atoms with Gasteiger partial charge in [0.05, 0.1) is 20.8 Å². The first-order chi connectivity index (χ1) is 11.5. The number of amides is 1. The van der Waals surface area contributed by atoms with Gasteiger partial charge in [-0.2, -0.15) is 0 Å². The van der Waals surface area contributed by atoms with Crippen molar-refractivity contribution >= 4 is 57.6 Å². The molecule has 122 valence electrons. The Labute approximate surface area is 152 Å². The van der Waals surface area contributed by atoms with E-state index < -0.39 is 5.25 Å². The molecule has 5 nitrogen and oxygen atoms in total. The molecule has 0 aliphatic carbocycles. The molecule has 0 saturated heterocycles. The van der Waals surface area contributed by atoms with E-state index in [1.807, 2.05) is 24.3 Å². The summed E-state index contributed by atoms with van der Waals surface area (Å²) in [6, 6.07) is 9.19. The number of hydrogen-bond donors (Lipinski definition) is 1. The van der Waals surface area contributed by atoms with Crippen LogP contribution in [-0.4, -0.2) is 26.1 Å². The van der Waals surface area contributed by atoms with Gasteiger partial charge in [-0.3, -0.25) is 4.79 Å². The van der Waals surface area contributed by atoms with Gasteiger partial charge in [0.25, 0.3) is 0 Å². The van der Waals surface area contributed by atoms with E-state index in [1.165, 1.54) is 30.4 Å². The molecule has 0 unspecified atom stereocenters. The van der Waals surface area contributed by atoms with Crippen LogP contribution in [0.2, 0.25) is 10.0 Å². The molecule has 2 heterocycles. The lowest BCUT2D eigenvalue weighted by Crippen LogP contribution is -2.23. The van der Waals surface area contributed by atoms with Gasteiger partial charge < -0.3 is 5.32 Å². The first kappa shape index (κ1) is 17.0. The molecular weight excluding hydrogens is 367 g/mol. The maximum absolute atomic E-state index is 12.4. The second kappa shape index (κ2) is 7.34. The molecule has 0 spiro atoms. The Morgan fingerprint density at radius 2 is 2.00 bits per heavy atom. The van der Waals surface area contributed by atoms with E-state index >= 15 is 0 Å². The smallest absolute Gasteiger partial charge is 0.238 e. The van der Waals surface area contributed by atoms with Crippen molar-refractivity contribution < 1.29 is 4.79 Å². The fraction of sp³-hybridized carbons (Fsp3) is 0.125. The van der Waals surface area contributed by atoms with E-state index in [9.17, 15) is 4.79 Å². The lowest BCUT2D eigenvalue weighted by molar-refractivity contribution is -0.115. The minimum absolute atomic E-state index is 0.223. The molecule has 1 aromatic carbocycles. The molecule has 8 heteroatoms. The first-order valence-corrected chi connectivity index (χ1v) is 8.66. The Balaban J connectivity index is 1.76. The molecule has 0 fully saturated rings. The maximum Gasteiger partial charge on any atom is 0.238 e. The Hall–Kier alpha value is -1.89. The number of pyridine rings is 1. The summed E-state index contributed by atoms with van der Waals surface area (Å²) in [4.78, 5) is 24.9. The molecule has 3 rings (SSSR count). The van der Waals surface area contributed by atoms with Gasteiger partial charge in [0, 0.05) is 11.6 Å². The zero-order valence-corrected chi connectivity index (χ0v) is 14.9. The first-order valence-electron chi connectivity index (χ1n) is 7.03. The van der Waals surface area contributed by atoms with Crippen molar-refractivity contribution in [2.24, 2.45) is 0 Å². The zero-order valence-electron chi connectivity index (χ0n) is 12.5. The lowest BCUT2D eigenvalue weighted by atomic mass is 10.2. The molecule has 1 amide bonds. The second-order valence-electron chi connectivity index (χ2n) is 4.93. The SMILES string of the molecule is C[C@@H](Sc1ncnc2ccccc12)C(=O)Nc1ncc(Cl)cc1Cl. The average molecular weight is 379 g/mol. The quantitative estimate of drug-likeness (QED) is 0.536. The number of rotatable bonds is 4. The van der Waals surface area contributed by atoms with Gasteiger partial charge in [0.15, 0.2) is 5.82 Å². The van der Waals surface area contributed by atoms with Crippen molar-refractivity contribution in [3.63, 3.8) is 0 Å². The van der Waals surface area contributed by atoms with Gasteiger partial charge in [0.1, 0.15) is 11.4 Å². The maximum atomic E-state index is 12.4. The summed E-state index contributed by atoms with van der Waals surface area (Å²) in [6.45, 7) is 1.79. The molecule has 24 heavy (non-hydrogen) atoms. The van der Waals surface area contributed by atoms with Crippen LogP contribution in [-0.2, 0) is 4.79 Å². The number of halogens is 2. The van der Waals surface area contributed by atoms with Crippen molar-refractivity contribution in [1.82, 2.24) is 15.0 Å². The number of para-hydroxylation sites is 1. The second-order valence-corrected chi connectivity index (χ2v) is 7.10. The van der Waals surface area contributed by atoms with E-state index in [0.717, 1.165) is 15.9 Å². The monoisotopic (exact) mass is 378 g/mol. The number of nitrogens with one attached hydrogen (secondary N) is 1. The van der Waals surface area contributed by atoms with Gasteiger partial charge >= 0.3 is 0 Å². The van der Waals surface area contributed by atoms with Gasteiger partial charge in [-0.15, -0.1) is 0 Å². The molecule has 0 aliphatic heterocycles. The normalized spacial score (nSPS) is 12.1. The molecule has 3 aromatic rings. The minimum atomic E-state index is -0.392. The van der Waals surface area contributed by atoms with Crippen LogP contribution >= 0.6 is 35.0 Å². The molecule has 1 N–H and O–H groups in total. The van der Waals surface area contributed by atoms with E-state index in [2.05, 4.69) is 20.3 Å². The number of anilines is 1. The van der Waals surface area contributed by atoms with Crippen LogP contribution in [0.15, 0.2) is 47.9 Å². The van der Waals surface area contributed by atoms with Crippen LogP contribution in [0.4, 0.5) is 5.82 Å². The van der Waals surface area contributed by atoms with Gasteiger partial charge in [0.2, 0.25) is 5.91 Å². The molecule has 0 bridgehead atoms. The van der Waals surface area contributed by atoms with E-state index in [4.69, 9.17) is 23.2 Å². The number of carbonyl (C=O) groups is 1. The standard InChI is InChI=1S/C16H12Cl2N4OS/c1-9(15(23)22-14-12(18)6-10(17)7-19-14)24-16-11-4-2-3-5-13(11)20-8-21-16/h2-9H,1H3,(H,19,22,23)/t9-/m1/s1. The average Bonchev–Trinajstić information content (AvgIpc) is 2.57.